The van der Waals surface area contributed by atoms with E-state index in [1.54, 1.807) is 19.6 Å². The predicted octanol–water partition coefficient (Wildman–Crippen LogP) is 3.62. The van der Waals surface area contributed by atoms with Gasteiger partial charge < -0.3 is 9.55 Å². The summed E-state index contributed by atoms with van der Waals surface area (Å²) >= 11 is 0. The molecule has 1 aromatic carbocycles. The van der Waals surface area contributed by atoms with Crippen molar-refractivity contribution in [3.05, 3.63) is 36.4 Å². The second-order valence-electron chi connectivity index (χ2n) is 5.84. The fourth-order valence-corrected chi connectivity index (χ4v) is 2.94. The van der Waals surface area contributed by atoms with Crippen molar-refractivity contribution < 1.29 is 4.39 Å². The summed E-state index contributed by atoms with van der Waals surface area (Å²) in [4.78, 5) is 20.3. The number of nitrogens with one attached hydrogen (secondary N) is 1. The van der Waals surface area contributed by atoms with Gasteiger partial charge in [0.05, 0.1) is 23.9 Å². The van der Waals surface area contributed by atoms with E-state index in [9.17, 15) is 4.39 Å². The Balaban J connectivity index is 1.90. The Morgan fingerprint density at radius 3 is 2.92 bits per heavy atom. The van der Waals surface area contributed by atoms with E-state index in [-0.39, 0.29) is 5.82 Å². The van der Waals surface area contributed by atoms with Crippen LogP contribution in [0.4, 0.5) is 4.39 Å². The summed E-state index contributed by atoms with van der Waals surface area (Å²) in [6, 6.07) is 3.37. The molecule has 0 saturated carbocycles. The van der Waals surface area contributed by atoms with Gasteiger partial charge in [0.1, 0.15) is 22.7 Å². The fraction of sp³-hybridized carbons (Fsp3) is 0.294. The second-order valence-corrected chi connectivity index (χ2v) is 5.84. The number of aromatic amines is 1. The number of halogens is 1. The van der Waals surface area contributed by atoms with Gasteiger partial charge in [-0.1, -0.05) is 13.3 Å². The van der Waals surface area contributed by atoms with E-state index in [1.807, 2.05) is 10.6 Å². The summed E-state index contributed by atoms with van der Waals surface area (Å²) in [5.74, 6) is 0.304. The third-order valence-corrected chi connectivity index (χ3v) is 4.09. The molecule has 0 unspecified atom stereocenters. The normalized spacial score (nSPS) is 11.6. The summed E-state index contributed by atoms with van der Waals surface area (Å²) in [5.41, 5.74) is 3.75. The molecule has 0 atom stereocenters. The fourth-order valence-electron chi connectivity index (χ4n) is 2.94. The average Bonchev–Trinajstić information content (AvgIpc) is 3.18. The third-order valence-electron chi connectivity index (χ3n) is 4.09. The number of aromatic nitrogens is 6. The molecule has 0 spiro atoms. The minimum Gasteiger partial charge on any atom is -0.341 e. The summed E-state index contributed by atoms with van der Waals surface area (Å²) in [6.07, 6.45) is 5.31. The number of H-pyrrole nitrogens is 1. The van der Waals surface area contributed by atoms with Crippen molar-refractivity contribution in [1.82, 2.24) is 29.5 Å². The van der Waals surface area contributed by atoms with Gasteiger partial charge in [0.15, 0.2) is 5.65 Å². The van der Waals surface area contributed by atoms with Gasteiger partial charge in [0.2, 0.25) is 0 Å². The van der Waals surface area contributed by atoms with Crippen molar-refractivity contribution in [1.29, 1.82) is 0 Å². The summed E-state index contributed by atoms with van der Waals surface area (Å²) in [7, 11) is 0. The molecule has 3 heterocycles. The second kappa shape index (κ2) is 5.67. The van der Waals surface area contributed by atoms with E-state index in [4.69, 9.17) is 0 Å². The molecule has 3 aromatic heterocycles. The molecule has 0 fully saturated rings. The first-order valence-corrected chi connectivity index (χ1v) is 8.00. The predicted molar refractivity (Wildman–Crippen MR) is 90.0 cm³/mol. The highest BCUT2D eigenvalue weighted by Gasteiger charge is 2.15. The lowest BCUT2D eigenvalue weighted by Crippen LogP contribution is -1.98. The number of hydrogen-bond donors (Lipinski definition) is 1. The van der Waals surface area contributed by atoms with Gasteiger partial charge in [-0.25, -0.2) is 24.3 Å². The molecular formula is C17H17FN6. The standard InChI is InChI=1S/C17H17FN6/c1-3-4-5-24-9-21-13-7-11(6-12(18)16(13)24)14-15-17(20-8-19-15)23-10(2)22-14/h6-9H,3-5H2,1-2H3,(H,19,20,22,23). The summed E-state index contributed by atoms with van der Waals surface area (Å²) in [5, 5.41) is 0. The lowest BCUT2D eigenvalue weighted by atomic mass is 10.1. The van der Waals surface area contributed by atoms with Crippen LogP contribution in [0.15, 0.2) is 24.8 Å². The lowest BCUT2D eigenvalue weighted by Gasteiger charge is -2.07. The third kappa shape index (κ3) is 2.33. The maximum Gasteiger partial charge on any atom is 0.181 e. The maximum atomic E-state index is 14.7. The monoisotopic (exact) mass is 324 g/mol. The van der Waals surface area contributed by atoms with Gasteiger partial charge in [-0.3, -0.25) is 0 Å². The molecule has 0 saturated heterocycles. The Hall–Kier alpha value is -2.83. The molecule has 0 amide bonds. The Morgan fingerprint density at radius 2 is 2.08 bits per heavy atom. The largest absolute Gasteiger partial charge is 0.341 e. The van der Waals surface area contributed by atoms with Crippen LogP contribution in [-0.2, 0) is 6.54 Å². The Bertz CT molecular complexity index is 1030. The van der Waals surface area contributed by atoms with Gasteiger partial charge in [-0.15, -0.1) is 0 Å². The molecule has 0 bridgehead atoms. The average molecular weight is 324 g/mol. The highest BCUT2D eigenvalue weighted by atomic mass is 19.1. The minimum absolute atomic E-state index is 0.292. The van der Waals surface area contributed by atoms with Gasteiger partial charge >= 0.3 is 0 Å². The smallest absolute Gasteiger partial charge is 0.181 e. The molecule has 6 nitrogen and oxygen atoms in total. The van der Waals surface area contributed by atoms with Crippen LogP contribution in [0.1, 0.15) is 25.6 Å². The Morgan fingerprint density at radius 1 is 1.21 bits per heavy atom. The first kappa shape index (κ1) is 14.7. The van der Waals surface area contributed by atoms with Crippen LogP contribution in [-0.4, -0.2) is 29.5 Å². The first-order valence-electron chi connectivity index (χ1n) is 8.00. The lowest BCUT2D eigenvalue weighted by molar-refractivity contribution is 0.605. The van der Waals surface area contributed by atoms with Crippen molar-refractivity contribution in [2.75, 3.05) is 0 Å². The van der Waals surface area contributed by atoms with Gasteiger partial charge in [0, 0.05) is 12.1 Å². The van der Waals surface area contributed by atoms with Crippen LogP contribution < -0.4 is 0 Å². The number of hydrogen-bond acceptors (Lipinski definition) is 4. The SMILES string of the molecule is CCCCn1cnc2cc(-c3nc(C)nc4nc[nH]c34)cc(F)c21. The molecule has 4 rings (SSSR count). The maximum absolute atomic E-state index is 14.7. The molecule has 24 heavy (non-hydrogen) atoms. The van der Waals surface area contributed by atoms with Gasteiger partial charge in [-0.2, -0.15) is 0 Å². The van der Waals surface area contributed by atoms with Crippen LogP contribution >= 0.6 is 0 Å². The molecule has 4 aromatic rings. The topological polar surface area (TPSA) is 72.3 Å². The molecule has 7 heteroatoms. The van der Waals surface area contributed by atoms with Crippen molar-refractivity contribution in [3.8, 4) is 11.3 Å². The zero-order chi connectivity index (χ0) is 16.7. The van der Waals surface area contributed by atoms with Crippen LogP contribution in [0.25, 0.3) is 33.5 Å². The molecule has 0 radical (unpaired) electrons. The van der Waals surface area contributed by atoms with Crippen molar-refractivity contribution >= 4 is 22.2 Å². The van der Waals surface area contributed by atoms with Gasteiger partial charge in [-0.05, 0) is 25.5 Å². The highest BCUT2D eigenvalue weighted by Crippen LogP contribution is 2.29. The number of nitrogens with zero attached hydrogens (tertiary/aromatic N) is 5. The van der Waals surface area contributed by atoms with E-state index in [0.717, 1.165) is 19.4 Å². The number of rotatable bonds is 4. The molecular weight excluding hydrogens is 307 g/mol. The van der Waals surface area contributed by atoms with Crippen molar-refractivity contribution in [2.24, 2.45) is 0 Å². The summed E-state index contributed by atoms with van der Waals surface area (Å²) < 4.78 is 16.6. The van der Waals surface area contributed by atoms with Crippen LogP contribution in [0, 0.1) is 12.7 Å². The molecule has 1 N–H and O–H groups in total. The molecule has 0 aliphatic rings. The number of fused-ring (bicyclic) bond motifs is 2. The van der Waals surface area contributed by atoms with E-state index >= 15 is 0 Å². The Labute approximate surface area is 137 Å². The quantitative estimate of drug-likeness (QED) is 0.622. The van der Waals surface area contributed by atoms with Crippen molar-refractivity contribution in [2.45, 2.75) is 33.2 Å². The number of benzene rings is 1. The first-order chi connectivity index (χ1) is 11.7. The molecule has 122 valence electrons. The van der Waals surface area contributed by atoms with Gasteiger partial charge in [0.25, 0.3) is 0 Å². The van der Waals surface area contributed by atoms with E-state index < -0.39 is 0 Å². The van der Waals surface area contributed by atoms with Crippen LogP contribution in [0.5, 0.6) is 0 Å². The van der Waals surface area contributed by atoms with E-state index in [0.29, 0.717) is 39.3 Å². The highest BCUT2D eigenvalue weighted by molar-refractivity contribution is 5.90. The van der Waals surface area contributed by atoms with E-state index in [2.05, 4.69) is 31.8 Å². The zero-order valence-corrected chi connectivity index (χ0v) is 13.5. The number of imidazole rings is 2. The minimum atomic E-state index is -0.292. The number of aryl methyl sites for hydroxylation is 2. The molecule has 0 aliphatic heterocycles. The van der Waals surface area contributed by atoms with Crippen LogP contribution in [0.2, 0.25) is 0 Å². The summed E-state index contributed by atoms with van der Waals surface area (Å²) in [6.45, 7) is 4.67. The van der Waals surface area contributed by atoms with E-state index in [1.165, 1.54) is 6.07 Å². The molecule has 0 aliphatic carbocycles. The Kier molecular flexibility index (Phi) is 3.48. The van der Waals surface area contributed by atoms with Crippen LogP contribution in [0.3, 0.4) is 0 Å². The number of unbranched alkanes of at least 4 members (excludes halogenated alkanes) is 1. The zero-order valence-electron chi connectivity index (χ0n) is 13.5. The van der Waals surface area contributed by atoms with Crippen molar-refractivity contribution in [3.63, 3.8) is 0 Å².